The molecule has 0 amide bonds. The lowest BCUT2D eigenvalue weighted by molar-refractivity contribution is -0.117. The van der Waals surface area contributed by atoms with E-state index in [-0.39, 0.29) is 5.57 Å². The highest BCUT2D eigenvalue weighted by Crippen LogP contribution is 2.25. The number of ketones is 2. The van der Waals surface area contributed by atoms with Crippen molar-refractivity contribution >= 4 is 17.1 Å². The Morgan fingerprint density at radius 2 is 1.56 bits per heavy atom. The molecule has 0 heterocycles. The molecule has 0 saturated carbocycles. The zero-order chi connectivity index (χ0) is 11.7. The van der Waals surface area contributed by atoms with E-state index in [9.17, 15) is 19.8 Å². The standard InChI is InChI=1S/C12H8O4/c13-8-6-9(14)12(16)10(11(8)15)7-4-2-1-3-5-7/h1-6,13,16H. The normalized spacial score (nSPS) is 16.4. The number of carbonyl (C=O) groups excluding carboxylic acids is 2. The third kappa shape index (κ3) is 1.50. The topological polar surface area (TPSA) is 74.6 Å². The van der Waals surface area contributed by atoms with Crippen molar-refractivity contribution in [2.45, 2.75) is 0 Å². The SMILES string of the molecule is O=C1C=C(O)C(=O)C(c2ccccc2)=C1O. The van der Waals surface area contributed by atoms with Crippen LogP contribution in [0.5, 0.6) is 0 Å². The third-order valence-corrected chi connectivity index (χ3v) is 2.26. The third-order valence-electron chi connectivity index (χ3n) is 2.26. The molecule has 0 saturated heterocycles. The van der Waals surface area contributed by atoms with Gasteiger partial charge in [-0.15, -0.1) is 0 Å². The van der Waals surface area contributed by atoms with Gasteiger partial charge in [-0.1, -0.05) is 30.3 Å². The van der Waals surface area contributed by atoms with E-state index in [0.29, 0.717) is 11.6 Å². The molecule has 4 nitrogen and oxygen atoms in total. The Morgan fingerprint density at radius 1 is 0.938 bits per heavy atom. The number of Topliss-reactive ketones (excluding diaryl/α,β-unsaturated/α-hetero) is 1. The Balaban J connectivity index is 2.59. The number of rotatable bonds is 1. The van der Waals surface area contributed by atoms with Crippen molar-refractivity contribution in [2.24, 2.45) is 0 Å². The van der Waals surface area contributed by atoms with Crippen molar-refractivity contribution in [2.75, 3.05) is 0 Å². The van der Waals surface area contributed by atoms with E-state index in [2.05, 4.69) is 0 Å². The second-order valence-corrected chi connectivity index (χ2v) is 3.31. The van der Waals surface area contributed by atoms with Crippen molar-refractivity contribution in [1.29, 1.82) is 0 Å². The van der Waals surface area contributed by atoms with Crippen LogP contribution in [0.1, 0.15) is 5.56 Å². The largest absolute Gasteiger partial charge is 0.504 e. The van der Waals surface area contributed by atoms with Gasteiger partial charge >= 0.3 is 0 Å². The number of benzene rings is 1. The van der Waals surface area contributed by atoms with E-state index < -0.39 is 23.1 Å². The van der Waals surface area contributed by atoms with Crippen molar-refractivity contribution in [1.82, 2.24) is 0 Å². The minimum atomic E-state index is -0.768. The summed E-state index contributed by atoms with van der Waals surface area (Å²) in [5.74, 6) is -2.80. The molecule has 0 spiro atoms. The molecule has 1 aliphatic rings. The van der Waals surface area contributed by atoms with Gasteiger partial charge in [0, 0.05) is 6.08 Å². The lowest BCUT2D eigenvalue weighted by atomic mass is 9.94. The van der Waals surface area contributed by atoms with Crippen LogP contribution in [0.25, 0.3) is 5.57 Å². The monoisotopic (exact) mass is 216 g/mol. The fourth-order valence-corrected chi connectivity index (χ4v) is 1.49. The van der Waals surface area contributed by atoms with Crippen LogP contribution in [0.4, 0.5) is 0 Å². The van der Waals surface area contributed by atoms with Gasteiger partial charge in [-0.2, -0.15) is 0 Å². The van der Waals surface area contributed by atoms with Gasteiger partial charge in [0.2, 0.25) is 11.6 Å². The highest BCUT2D eigenvalue weighted by atomic mass is 16.3. The second-order valence-electron chi connectivity index (χ2n) is 3.31. The first-order valence-electron chi connectivity index (χ1n) is 4.59. The Kier molecular flexibility index (Phi) is 2.32. The number of hydrogen-bond donors (Lipinski definition) is 2. The first-order valence-corrected chi connectivity index (χ1v) is 4.59. The maximum atomic E-state index is 11.6. The van der Waals surface area contributed by atoms with Crippen molar-refractivity contribution in [3.05, 3.63) is 53.5 Å². The highest BCUT2D eigenvalue weighted by molar-refractivity contribution is 6.36. The Hall–Kier alpha value is -2.36. The quantitative estimate of drug-likeness (QED) is 0.698. The van der Waals surface area contributed by atoms with Gasteiger partial charge in [0.1, 0.15) is 0 Å². The summed E-state index contributed by atoms with van der Waals surface area (Å²) in [6.07, 6.45) is 0.712. The van der Waals surface area contributed by atoms with E-state index in [1.807, 2.05) is 0 Å². The van der Waals surface area contributed by atoms with E-state index in [4.69, 9.17) is 0 Å². The molecular formula is C12H8O4. The number of hydrogen-bond acceptors (Lipinski definition) is 4. The molecule has 16 heavy (non-hydrogen) atoms. The summed E-state index contributed by atoms with van der Waals surface area (Å²) in [7, 11) is 0. The first-order chi connectivity index (χ1) is 7.61. The zero-order valence-electron chi connectivity index (χ0n) is 8.18. The summed E-state index contributed by atoms with van der Waals surface area (Å²) in [5, 5.41) is 18.8. The fraction of sp³-hybridized carbons (Fsp3) is 0. The highest BCUT2D eigenvalue weighted by Gasteiger charge is 2.29. The van der Waals surface area contributed by atoms with Crippen molar-refractivity contribution in [3.8, 4) is 0 Å². The molecule has 0 radical (unpaired) electrons. The van der Waals surface area contributed by atoms with E-state index in [0.717, 1.165) is 0 Å². The molecule has 1 aromatic carbocycles. The van der Waals surface area contributed by atoms with Crippen LogP contribution in [0.15, 0.2) is 47.9 Å². The van der Waals surface area contributed by atoms with Gasteiger partial charge in [-0.3, -0.25) is 9.59 Å². The van der Waals surface area contributed by atoms with Crippen molar-refractivity contribution in [3.63, 3.8) is 0 Å². The molecule has 0 bridgehead atoms. The fourth-order valence-electron chi connectivity index (χ4n) is 1.49. The average molecular weight is 216 g/mol. The van der Waals surface area contributed by atoms with Crippen LogP contribution in [-0.4, -0.2) is 21.8 Å². The molecule has 0 fully saturated rings. The Labute approximate surface area is 91.1 Å². The lowest BCUT2D eigenvalue weighted by Crippen LogP contribution is -2.18. The molecule has 0 aromatic heterocycles. The van der Waals surface area contributed by atoms with Crippen LogP contribution in [0.2, 0.25) is 0 Å². The molecule has 0 unspecified atom stereocenters. The number of allylic oxidation sites excluding steroid dienone is 2. The van der Waals surface area contributed by atoms with E-state index in [1.165, 1.54) is 0 Å². The van der Waals surface area contributed by atoms with Gasteiger partial charge in [0.05, 0.1) is 5.57 Å². The predicted molar refractivity (Wildman–Crippen MR) is 56.7 cm³/mol. The van der Waals surface area contributed by atoms with Crippen LogP contribution in [0.3, 0.4) is 0 Å². The Morgan fingerprint density at radius 3 is 2.19 bits per heavy atom. The number of aliphatic hydroxyl groups is 2. The van der Waals surface area contributed by atoms with Gasteiger partial charge in [0.25, 0.3) is 0 Å². The van der Waals surface area contributed by atoms with Gasteiger partial charge in [-0.25, -0.2) is 0 Å². The molecule has 1 aliphatic carbocycles. The molecule has 1 aromatic rings. The van der Waals surface area contributed by atoms with Gasteiger partial charge in [-0.05, 0) is 5.56 Å². The maximum Gasteiger partial charge on any atom is 0.231 e. The zero-order valence-corrected chi connectivity index (χ0v) is 8.18. The van der Waals surface area contributed by atoms with Crippen LogP contribution in [0, 0.1) is 0 Å². The molecule has 2 N–H and O–H groups in total. The Bertz CT molecular complexity index is 523. The minimum absolute atomic E-state index is 0.161. The summed E-state index contributed by atoms with van der Waals surface area (Å²) >= 11 is 0. The summed E-state index contributed by atoms with van der Waals surface area (Å²) in [4.78, 5) is 22.8. The van der Waals surface area contributed by atoms with Gasteiger partial charge < -0.3 is 10.2 Å². The number of aliphatic hydroxyl groups excluding tert-OH is 2. The maximum absolute atomic E-state index is 11.6. The molecule has 4 heteroatoms. The molecule has 2 rings (SSSR count). The first kappa shape index (κ1) is 10.2. The number of carbonyl (C=O) groups is 2. The average Bonchev–Trinajstić information content (AvgIpc) is 2.28. The summed E-state index contributed by atoms with van der Waals surface area (Å²) in [6.45, 7) is 0. The van der Waals surface area contributed by atoms with Gasteiger partial charge in [0.15, 0.2) is 11.5 Å². The smallest absolute Gasteiger partial charge is 0.231 e. The summed E-state index contributed by atoms with van der Waals surface area (Å²) in [6, 6.07) is 8.24. The summed E-state index contributed by atoms with van der Waals surface area (Å²) in [5.41, 5.74) is 0.239. The lowest BCUT2D eigenvalue weighted by Gasteiger charge is -2.12. The molecule has 0 aliphatic heterocycles. The van der Waals surface area contributed by atoms with Crippen molar-refractivity contribution < 1.29 is 19.8 Å². The predicted octanol–water partition coefficient (Wildman–Crippen LogP) is 1.55. The minimum Gasteiger partial charge on any atom is -0.504 e. The molecular weight excluding hydrogens is 208 g/mol. The van der Waals surface area contributed by atoms with Crippen LogP contribution >= 0.6 is 0 Å². The molecule has 80 valence electrons. The van der Waals surface area contributed by atoms with Crippen LogP contribution < -0.4 is 0 Å². The van der Waals surface area contributed by atoms with Crippen LogP contribution in [-0.2, 0) is 9.59 Å². The summed E-state index contributed by atoms with van der Waals surface area (Å²) < 4.78 is 0. The second kappa shape index (κ2) is 3.66. The van der Waals surface area contributed by atoms with E-state index >= 15 is 0 Å². The van der Waals surface area contributed by atoms with E-state index in [1.54, 1.807) is 30.3 Å². The molecule has 0 atom stereocenters.